The van der Waals surface area contributed by atoms with Gasteiger partial charge in [0.2, 0.25) is 5.91 Å². The smallest absolute Gasteiger partial charge is 0.327 e. The number of hydrogen-bond donors (Lipinski definition) is 1. The third-order valence-corrected chi connectivity index (χ3v) is 4.87. The Kier molecular flexibility index (Phi) is 4.17. The van der Waals surface area contributed by atoms with Gasteiger partial charge in [-0.15, -0.1) is 11.8 Å². The van der Waals surface area contributed by atoms with Gasteiger partial charge in [-0.2, -0.15) is 0 Å². The minimum atomic E-state index is -0.871. The molecular formula is C12H20N2O3S. The van der Waals surface area contributed by atoms with E-state index in [1.165, 1.54) is 0 Å². The maximum atomic E-state index is 12.2. The van der Waals surface area contributed by atoms with Crippen molar-refractivity contribution in [2.75, 3.05) is 26.4 Å². The van der Waals surface area contributed by atoms with Crippen LogP contribution < -0.4 is 0 Å². The molecule has 2 unspecified atom stereocenters. The monoisotopic (exact) mass is 272 g/mol. The maximum absolute atomic E-state index is 12.2. The first kappa shape index (κ1) is 13.7. The highest BCUT2D eigenvalue weighted by Gasteiger charge is 2.47. The molecule has 0 aromatic rings. The summed E-state index contributed by atoms with van der Waals surface area (Å²) in [6.45, 7) is 0.670. The van der Waals surface area contributed by atoms with Crippen LogP contribution in [-0.4, -0.2) is 64.6 Å². The average molecular weight is 272 g/mol. The van der Waals surface area contributed by atoms with E-state index in [9.17, 15) is 14.7 Å². The molecule has 6 heteroatoms. The van der Waals surface area contributed by atoms with Crippen molar-refractivity contribution < 1.29 is 14.7 Å². The van der Waals surface area contributed by atoms with Crippen molar-refractivity contribution in [2.45, 2.75) is 30.7 Å². The molecule has 0 bridgehead atoms. The quantitative estimate of drug-likeness (QED) is 0.798. The van der Waals surface area contributed by atoms with Crippen LogP contribution in [0.5, 0.6) is 0 Å². The van der Waals surface area contributed by atoms with Crippen molar-refractivity contribution in [1.29, 1.82) is 0 Å². The molecule has 1 saturated carbocycles. The minimum Gasteiger partial charge on any atom is -0.480 e. The van der Waals surface area contributed by atoms with Crippen molar-refractivity contribution >= 4 is 23.6 Å². The first-order chi connectivity index (χ1) is 8.50. The first-order valence-corrected chi connectivity index (χ1v) is 7.36. The first-order valence-electron chi connectivity index (χ1n) is 6.31. The fraction of sp³-hybridized carbons (Fsp3) is 0.833. The Morgan fingerprint density at radius 3 is 2.56 bits per heavy atom. The number of carbonyl (C=O) groups excluding carboxylic acids is 1. The summed E-state index contributed by atoms with van der Waals surface area (Å²) >= 11 is 1.63. The van der Waals surface area contributed by atoms with E-state index < -0.39 is 12.0 Å². The molecule has 1 N–H and O–H groups in total. The van der Waals surface area contributed by atoms with Gasteiger partial charge in [-0.05, 0) is 32.9 Å². The lowest BCUT2D eigenvalue weighted by Crippen LogP contribution is -2.46. The summed E-state index contributed by atoms with van der Waals surface area (Å²) in [5.41, 5.74) is 0. The zero-order chi connectivity index (χ0) is 13.3. The number of carboxylic acids is 1. The van der Waals surface area contributed by atoms with Crippen LogP contribution in [0.1, 0.15) is 19.3 Å². The number of amides is 1. The highest BCUT2D eigenvalue weighted by molar-refractivity contribution is 8.00. The van der Waals surface area contributed by atoms with Gasteiger partial charge in [-0.25, -0.2) is 4.79 Å². The van der Waals surface area contributed by atoms with Crippen molar-refractivity contribution in [1.82, 2.24) is 9.80 Å². The summed E-state index contributed by atoms with van der Waals surface area (Å²) in [4.78, 5) is 27.0. The van der Waals surface area contributed by atoms with E-state index in [0.29, 0.717) is 24.6 Å². The van der Waals surface area contributed by atoms with Gasteiger partial charge in [0.1, 0.15) is 6.04 Å². The van der Waals surface area contributed by atoms with Crippen molar-refractivity contribution in [3.8, 4) is 0 Å². The largest absolute Gasteiger partial charge is 0.480 e. The fourth-order valence-electron chi connectivity index (χ4n) is 2.23. The Bertz CT molecular complexity index is 344. The number of hydrogen-bond acceptors (Lipinski definition) is 4. The van der Waals surface area contributed by atoms with E-state index in [2.05, 4.69) is 0 Å². The summed E-state index contributed by atoms with van der Waals surface area (Å²) in [7, 11) is 3.83. The van der Waals surface area contributed by atoms with Gasteiger partial charge in [0, 0.05) is 18.7 Å². The van der Waals surface area contributed by atoms with E-state index in [1.807, 2.05) is 19.0 Å². The van der Waals surface area contributed by atoms with Gasteiger partial charge in [0.25, 0.3) is 0 Å². The molecule has 2 atom stereocenters. The Labute approximate surface area is 112 Å². The normalized spacial score (nSPS) is 27.8. The molecule has 1 heterocycles. The number of nitrogens with zero attached hydrogens (tertiary/aromatic N) is 2. The van der Waals surface area contributed by atoms with Crippen LogP contribution in [0.4, 0.5) is 0 Å². The summed E-state index contributed by atoms with van der Waals surface area (Å²) < 4.78 is 0. The molecule has 0 aromatic heterocycles. The van der Waals surface area contributed by atoms with Gasteiger partial charge >= 0.3 is 5.97 Å². The molecule has 1 saturated heterocycles. The van der Waals surface area contributed by atoms with E-state index in [-0.39, 0.29) is 11.3 Å². The second-order valence-electron chi connectivity index (χ2n) is 5.27. The topological polar surface area (TPSA) is 60.9 Å². The second kappa shape index (κ2) is 5.48. The summed E-state index contributed by atoms with van der Waals surface area (Å²) in [6, 6.07) is -0.629. The van der Waals surface area contributed by atoms with E-state index in [4.69, 9.17) is 0 Å². The zero-order valence-electron chi connectivity index (χ0n) is 10.8. The predicted octanol–water partition coefficient (Wildman–Crippen LogP) is 0.703. The molecule has 0 spiro atoms. The lowest BCUT2D eigenvalue weighted by Gasteiger charge is -2.28. The highest BCUT2D eigenvalue weighted by atomic mass is 32.2. The molecule has 2 rings (SSSR count). The lowest BCUT2D eigenvalue weighted by molar-refractivity contribution is -0.149. The Balaban J connectivity index is 2.03. The van der Waals surface area contributed by atoms with Gasteiger partial charge in [0.05, 0.1) is 5.37 Å². The number of aliphatic carboxylic acids is 1. The summed E-state index contributed by atoms with van der Waals surface area (Å²) in [6.07, 6.45) is 2.66. The molecule has 102 valence electrons. The Morgan fingerprint density at radius 2 is 2.06 bits per heavy atom. The van der Waals surface area contributed by atoms with E-state index in [1.54, 1.807) is 16.7 Å². The fourth-order valence-corrected chi connectivity index (χ4v) is 3.88. The van der Waals surface area contributed by atoms with Crippen LogP contribution in [0, 0.1) is 5.92 Å². The standard InChI is InChI=1S/C12H20N2O3S/c1-13(2)6-5-10(15)14-9(12(16)17)7-18-11(14)8-3-4-8/h8-9,11H,3-7H2,1-2H3,(H,16,17). The molecule has 1 amide bonds. The van der Waals surface area contributed by atoms with Crippen LogP contribution >= 0.6 is 11.8 Å². The van der Waals surface area contributed by atoms with Gasteiger partial charge in [-0.3, -0.25) is 4.79 Å². The number of carboxylic acid groups (broad SMARTS) is 1. The SMILES string of the molecule is CN(C)CCC(=O)N1C(C(=O)O)CSC1C1CC1. The Morgan fingerprint density at radius 1 is 1.39 bits per heavy atom. The molecular weight excluding hydrogens is 252 g/mol. The molecule has 1 aliphatic heterocycles. The van der Waals surface area contributed by atoms with E-state index >= 15 is 0 Å². The van der Waals surface area contributed by atoms with Crippen LogP contribution in [0.3, 0.4) is 0 Å². The van der Waals surface area contributed by atoms with Crippen LogP contribution in [-0.2, 0) is 9.59 Å². The molecule has 5 nitrogen and oxygen atoms in total. The molecule has 2 aliphatic rings. The average Bonchev–Trinajstić information content (AvgIpc) is 3.04. The number of rotatable bonds is 5. The molecule has 2 fully saturated rings. The summed E-state index contributed by atoms with van der Waals surface area (Å²) in [5.74, 6) is 0.161. The van der Waals surface area contributed by atoms with Crippen molar-refractivity contribution in [2.24, 2.45) is 5.92 Å². The molecule has 18 heavy (non-hydrogen) atoms. The molecule has 0 radical (unpaired) electrons. The Hall–Kier alpha value is -0.750. The van der Waals surface area contributed by atoms with Crippen LogP contribution in [0.25, 0.3) is 0 Å². The van der Waals surface area contributed by atoms with Gasteiger partial charge < -0.3 is 14.9 Å². The van der Waals surface area contributed by atoms with Gasteiger partial charge in [-0.1, -0.05) is 0 Å². The van der Waals surface area contributed by atoms with Crippen LogP contribution in [0.2, 0.25) is 0 Å². The molecule has 1 aliphatic carbocycles. The minimum absolute atomic E-state index is 0.0157. The number of carbonyl (C=O) groups is 2. The highest BCUT2D eigenvalue weighted by Crippen LogP contribution is 2.45. The second-order valence-corrected chi connectivity index (χ2v) is 6.42. The summed E-state index contributed by atoms with van der Waals surface area (Å²) in [5, 5.41) is 9.31. The third kappa shape index (κ3) is 2.98. The molecule has 0 aromatic carbocycles. The van der Waals surface area contributed by atoms with Gasteiger partial charge in [0.15, 0.2) is 0 Å². The predicted molar refractivity (Wildman–Crippen MR) is 70.4 cm³/mol. The van der Waals surface area contributed by atoms with E-state index in [0.717, 1.165) is 12.8 Å². The maximum Gasteiger partial charge on any atom is 0.327 e. The lowest BCUT2D eigenvalue weighted by atomic mass is 10.2. The zero-order valence-corrected chi connectivity index (χ0v) is 11.7. The third-order valence-electron chi connectivity index (χ3n) is 3.41. The van der Waals surface area contributed by atoms with Crippen LogP contribution in [0.15, 0.2) is 0 Å². The van der Waals surface area contributed by atoms with Crippen molar-refractivity contribution in [3.63, 3.8) is 0 Å². The number of thioether (sulfide) groups is 1. The van der Waals surface area contributed by atoms with Crippen molar-refractivity contribution in [3.05, 3.63) is 0 Å².